The molecule has 1 aromatic rings. The van der Waals surface area contributed by atoms with E-state index in [0.29, 0.717) is 23.3 Å². The van der Waals surface area contributed by atoms with Gasteiger partial charge >= 0.3 is 0 Å². The van der Waals surface area contributed by atoms with E-state index in [2.05, 4.69) is 20.8 Å². The van der Waals surface area contributed by atoms with Crippen molar-refractivity contribution in [3.63, 3.8) is 0 Å². The fourth-order valence-electron chi connectivity index (χ4n) is 3.36. The average molecular weight is 281 g/mol. The Morgan fingerprint density at radius 2 is 1.60 bits per heavy atom. The summed E-state index contributed by atoms with van der Waals surface area (Å²) in [7, 11) is 0. The summed E-state index contributed by atoms with van der Waals surface area (Å²) in [5.41, 5.74) is 7.11. The summed E-state index contributed by atoms with van der Waals surface area (Å²) >= 11 is 0. The summed E-state index contributed by atoms with van der Waals surface area (Å²) in [4.78, 5) is 0. The van der Waals surface area contributed by atoms with Crippen molar-refractivity contribution in [2.75, 3.05) is 0 Å². The zero-order chi connectivity index (χ0) is 15.0. The van der Waals surface area contributed by atoms with E-state index in [9.17, 15) is 8.78 Å². The van der Waals surface area contributed by atoms with Crippen molar-refractivity contribution in [1.82, 2.24) is 0 Å². The standard InChI is InChI=1S/C17H25F2N/c1-16(2,3)13-4-6-17(20,7-5-13)11-12-8-14(18)10-15(19)9-12/h8-10,13H,4-7,11,20H2,1-3H3. The van der Waals surface area contributed by atoms with Gasteiger partial charge in [0.25, 0.3) is 0 Å². The maximum atomic E-state index is 13.2. The van der Waals surface area contributed by atoms with Crippen molar-refractivity contribution in [3.8, 4) is 0 Å². The summed E-state index contributed by atoms with van der Waals surface area (Å²) in [6, 6.07) is 3.70. The van der Waals surface area contributed by atoms with Gasteiger partial charge in [-0.1, -0.05) is 20.8 Å². The lowest BCUT2D eigenvalue weighted by molar-refractivity contribution is 0.134. The fourth-order valence-corrected chi connectivity index (χ4v) is 3.36. The lowest BCUT2D eigenvalue weighted by atomic mass is 9.66. The first-order chi connectivity index (χ1) is 9.18. The Morgan fingerprint density at radius 1 is 1.10 bits per heavy atom. The Hall–Kier alpha value is -0.960. The molecule has 0 spiro atoms. The average Bonchev–Trinajstić information content (AvgIpc) is 2.25. The summed E-state index contributed by atoms with van der Waals surface area (Å²) in [5, 5.41) is 0. The maximum Gasteiger partial charge on any atom is 0.126 e. The molecule has 0 radical (unpaired) electrons. The predicted molar refractivity (Wildman–Crippen MR) is 78.4 cm³/mol. The number of nitrogens with two attached hydrogens (primary N) is 1. The maximum absolute atomic E-state index is 13.2. The fraction of sp³-hybridized carbons (Fsp3) is 0.647. The zero-order valence-corrected chi connectivity index (χ0v) is 12.7. The number of hydrogen-bond donors (Lipinski definition) is 1. The quantitative estimate of drug-likeness (QED) is 0.852. The number of rotatable bonds is 2. The molecule has 0 bridgehead atoms. The van der Waals surface area contributed by atoms with E-state index in [-0.39, 0.29) is 5.54 Å². The zero-order valence-electron chi connectivity index (χ0n) is 12.7. The second-order valence-electron chi connectivity index (χ2n) is 7.46. The molecule has 20 heavy (non-hydrogen) atoms. The molecule has 0 atom stereocenters. The predicted octanol–water partition coefficient (Wildman–Crippen LogP) is 4.44. The molecule has 1 aromatic carbocycles. The van der Waals surface area contributed by atoms with Gasteiger partial charge in [-0.3, -0.25) is 0 Å². The minimum Gasteiger partial charge on any atom is -0.325 e. The number of hydrogen-bond acceptors (Lipinski definition) is 1. The van der Waals surface area contributed by atoms with Gasteiger partial charge in [0, 0.05) is 11.6 Å². The van der Waals surface area contributed by atoms with E-state index < -0.39 is 11.6 Å². The van der Waals surface area contributed by atoms with Crippen molar-refractivity contribution in [3.05, 3.63) is 35.4 Å². The number of benzene rings is 1. The molecular formula is C17H25F2N. The Morgan fingerprint density at radius 3 is 2.05 bits per heavy atom. The van der Waals surface area contributed by atoms with Crippen LogP contribution in [0.3, 0.4) is 0 Å². The van der Waals surface area contributed by atoms with Crippen LogP contribution in [0.2, 0.25) is 0 Å². The molecule has 0 aliphatic heterocycles. The third kappa shape index (κ3) is 3.78. The van der Waals surface area contributed by atoms with Gasteiger partial charge in [0.2, 0.25) is 0 Å². The van der Waals surface area contributed by atoms with E-state index >= 15 is 0 Å². The first-order valence-corrected chi connectivity index (χ1v) is 7.42. The molecule has 2 rings (SSSR count). The molecule has 1 nitrogen and oxygen atoms in total. The topological polar surface area (TPSA) is 26.0 Å². The second-order valence-corrected chi connectivity index (χ2v) is 7.46. The van der Waals surface area contributed by atoms with Crippen LogP contribution in [0.1, 0.15) is 52.0 Å². The highest BCUT2D eigenvalue weighted by atomic mass is 19.1. The van der Waals surface area contributed by atoms with Crippen molar-refractivity contribution in [1.29, 1.82) is 0 Å². The largest absolute Gasteiger partial charge is 0.325 e. The second kappa shape index (κ2) is 5.44. The molecule has 1 aliphatic carbocycles. The van der Waals surface area contributed by atoms with E-state index in [0.717, 1.165) is 31.7 Å². The highest BCUT2D eigenvalue weighted by Gasteiger charge is 2.36. The molecule has 112 valence electrons. The molecule has 0 heterocycles. The van der Waals surface area contributed by atoms with Crippen LogP contribution in [-0.2, 0) is 6.42 Å². The molecule has 0 amide bonds. The van der Waals surface area contributed by atoms with Crippen LogP contribution in [0, 0.1) is 23.0 Å². The van der Waals surface area contributed by atoms with E-state index in [1.807, 2.05) is 0 Å². The summed E-state index contributed by atoms with van der Waals surface area (Å²) < 4.78 is 26.5. The van der Waals surface area contributed by atoms with Gasteiger partial charge in [-0.05, 0) is 61.1 Å². The molecule has 0 aromatic heterocycles. The van der Waals surface area contributed by atoms with Crippen molar-refractivity contribution < 1.29 is 8.78 Å². The Labute approximate surface area is 120 Å². The van der Waals surface area contributed by atoms with Gasteiger partial charge in [-0.2, -0.15) is 0 Å². The molecule has 1 fully saturated rings. The van der Waals surface area contributed by atoms with Gasteiger partial charge < -0.3 is 5.73 Å². The molecule has 1 aliphatic rings. The molecular weight excluding hydrogens is 256 g/mol. The highest BCUT2D eigenvalue weighted by molar-refractivity contribution is 5.20. The third-order valence-corrected chi connectivity index (χ3v) is 4.68. The van der Waals surface area contributed by atoms with Crippen LogP contribution >= 0.6 is 0 Å². The molecule has 0 saturated heterocycles. The van der Waals surface area contributed by atoms with Gasteiger partial charge in [0.15, 0.2) is 0 Å². The Balaban J connectivity index is 2.03. The number of halogens is 2. The van der Waals surface area contributed by atoms with Crippen LogP contribution in [0.5, 0.6) is 0 Å². The molecule has 1 saturated carbocycles. The first kappa shape index (κ1) is 15.4. The van der Waals surface area contributed by atoms with E-state index in [1.54, 1.807) is 0 Å². The minimum absolute atomic E-state index is 0.312. The summed E-state index contributed by atoms with van der Waals surface area (Å²) in [6.45, 7) is 6.80. The van der Waals surface area contributed by atoms with E-state index in [4.69, 9.17) is 5.73 Å². The smallest absolute Gasteiger partial charge is 0.126 e. The third-order valence-electron chi connectivity index (χ3n) is 4.68. The van der Waals surface area contributed by atoms with Crippen LogP contribution in [-0.4, -0.2) is 5.54 Å². The SMILES string of the molecule is CC(C)(C)C1CCC(N)(Cc2cc(F)cc(F)c2)CC1. The van der Waals surface area contributed by atoms with Gasteiger partial charge in [0.05, 0.1) is 0 Å². The summed E-state index contributed by atoms with van der Waals surface area (Å²) in [5.74, 6) is -0.359. The van der Waals surface area contributed by atoms with Gasteiger partial charge in [-0.15, -0.1) is 0 Å². The van der Waals surface area contributed by atoms with Gasteiger partial charge in [-0.25, -0.2) is 8.78 Å². The Kier molecular flexibility index (Phi) is 4.19. The molecule has 3 heteroatoms. The van der Waals surface area contributed by atoms with E-state index in [1.165, 1.54) is 12.1 Å². The lowest BCUT2D eigenvalue weighted by Gasteiger charge is -2.42. The van der Waals surface area contributed by atoms with Crippen LogP contribution in [0.4, 0.5) is 8.78 Å². The van der Waals surface area contributed by atoms with Crippen molar-refractivity contribution in [2.24, 2.45) is 17.1 Å². The summed E-state index contributed by atoms with van der Waals surface area (Å²) in [6.07, 6.45) is 4.59. The molecule has 2 N–H and O–H groups in total. The monoisotopic (exact) mass is 281 g/mol. The lowest BCUT2D eigenvalue weighted by Crippen LogP contribution is -2.46. The Bertz CT molecular complexity index is 448. The molecule has 0 unspecified atom stereocenters. The van der Waals surface area contributed by atoms with Crippen molar-refractivity contribution in [2.45, 2.75) is 58.4 Å². The van der Waals surface area contributed by atoms with Gasteiger partial charge in [0.1, 0.15) is 11.6 Å². The van der Waals surface area contributed by atoms with Crippen LogP contribution < -0.4 is 5.73 Å². The van der Waals surface area contributed by atoms with Crippen LogP contribution in [0.25, 0.3) is 0 Å². The normalized spacial score (nSPS) is 27.6. The minimum atomic E-state index is -0.521. The highest BCUT2D eigenvalue weighted by Crippen LogP contribution is 2.41. The van der Waals surface area contributed by atoms with Crippen molar-refractivity contribution >= 4 is 0 Å². The first-order valence-electron chi connectivity index (χ1n) is 7.42. The van der Waals surface area contributed by atoms with Crippen LogP contribution in [0.15, 0.2) is 18.2 Å².